The van der Waals surface area contributed by atoms with Crippen LogP contribution in [0.2, 0.25) is 0 Å². The monoisotopic (exact) mass is 252 g/mol. The van der Waals surface area contributed by atoms with Gasteiger partial charge in [-0.2, -0.15) is 8.78 Å². The van der Waals surface area contributed by atoms with E-state index in [4.69, 9.17) is 9.47 Å². The predicted molar refractivity (Wildman–Crippen MR) is 55.6 cm³/mol. The lowest BCUT2D eigenvalue weighted by atomic mass is 9.92. The van der Waals surface area contributed by atoms with Crippen molar-refractivity contribution < 1.29 is 27.8 Å². The number of carbonyl (C=O) groups excluding carboxylic acids is 1. The van der Waals surface area contributed by atoms with Crippen molar-refractivity contribution in [2.75, 3.05) is 13.2 Å². The van der Waals surface area contributed by atoms with Gasteiger partial charge in [0.1, 0.15) is 6.61 Å². The summed E-state index contributed by atoms with van der Waals surface area (Å²) >= 11 is 0. The van der Waals surface area contributed by atoms with Crippen LogP contribution in [0.5, 0.6) is 0 Å². The minimum Gasteiger partial charge on any atom is -0.464 e. The highest BCUT2D eigenvalue weighted by molar-refractivity contribution is 5.70. The van der Waals surface area contributed by atoms with E-state index in [1.165, 1.54) is 0 Å². The average molecular weight is 252 g/mol. The number of hydrogen-bond donors (Lipinski definition) is 0. The van der Waals surface area contributed by atoms with Crippen molar-refractivity contribution in [2.45, 2.75) is 45.5 Å². The summed E-state index contributed by atoms with van der Waals surface area (Å²) < 4.78 is 37.9. The molecule has 0 aromatic rings. The summed E-state index contributed by atoms with van der Waals surface area (Å²) in [6.45, 7) is 1.37. The number of hydrogen-bond acceptors (Lipinski definition) is 4. The molecule has 0 aromatic carbocycles. The molecule has 0 saturated heterocycles. The van der Waals surface area contributed by atoms with Crippen molar-refractivity contribution >= 4 is 5.97 Å². The Kier molecular flexibility index (Phi) is 5.77. The molecular weight excluding hydrogens is 234 g/mol. The summed E-state index contributed by atoms with van der Waals surface area (Å²) in [5.41, 5.74) is 0. The molecule has 1 aliphatic carbocycles. The molecule has 0 atom stereocenters. The van der Waals surface area contributed by atoms with Gasteiger partial charge in [-0.05, 0) is 5.92 Å². The maximum atomic E-state index is 11.8. The fourth-order valence-electron chi connectivity index (χ4n) is 1.40. The standard InChI is InChI=1S/C11H18F2O4/c1-7(2)5-16-10(14)6-15-8-3-9(4-8)17-11(12)13/h7-9,11H,3-6H2,1-2H3. The smallest absolute Gasteiger partial charge is 0.345 e. The SMILES string of the molecule is CC(C)COC(=O)COC1CC(OC(F)F)C1. The molecule has 0 unspecified atom stereocenters. The molecule has 1 aliphatic rings. The van der Waals surface area contributed by atoms with Crippen LogP contribution < -0.4 is 0 Å². The number of esters is 1. The highest BCUT2D eigenvalue weighted by Gasteiger charge is 2.33. The van der Waals surface area contributed by atoms with Crippen LogP contribution in [0.4, 0.5) is 8.78 Å². The van der Waals surface area contributed by atoms with Gasteiger partial charge < -0.3 is 14.2 Å². The van der Waals surface area contributed by atoms with E-state index in [1.54, 1.807) is 0 Å². The quantitative estimate of drug-likeness (QED) is 0.650. The van der Waals surface area contributed by atoms with Gasteiger partial charge in [-0.1, -0.05) is 13.8 Å². The minimum atomic E-state index is -2.74. The Balaban J connectivity index is 2.00. The van der Waals surface area contributed by atoms with Gasteiger partial charge in [-0.25, -0.2) is 4.79 Å². The van der Waals surface area contributed by atoms with Gasteiger partial charge in [-0.15, -0.1) is 0 Å². The first kappa shape index (κ1) is 14.3. The van der Waals surface area contributed by atoms with E-state index in [0.717, 1.165) is 0 Å². The maximum Gasteiger partial charge on any atom is 0.345 e. The third-order valence-electron chi connectivity index (χ3n) is 2.36. The van der Waals surface area contributed by atoms with Crippen molar-refractivity contribution in [3.8, 4) is 0 Å². The van der Waals surface area contributed by atoms with Crippen LogP contribution in [0.25, 0.3) is 0 Å². The van der Waals surface area contributed by atoms with Crippen LogP contribution in [0.3, 0.4) is 0 Å². The fourth-order valence-corrected chi connectivity index (χ4v) is 1.40. The summed E-state index contributed by atoms with van der Waals surface area (Å²) in [4.78, 5) is 11.2. The minimum absolute atomic E-state index is 0.126. The van der Waals surface area contributed by atoms with Crippen molar-refractivity contribution in [3.05, 3.63) is 0 Å². The van der Waals surface area contributed by atoms with Crippen LogP contribution in [0.1, 0.15) is 26.7 Å². The number of halogens is 2. The highest BCUT2D eigenvalue weighted by Crippen LogP contribution is 2.27. The molecule has 0 aromatic heterocycles. The van der Waals surface area contributed by atoms with Crippen LogP contribution >= 0.6 is 0 Å². The van der Waals surface area contributed by atoms with E-state index in [9.17, 15) is 13.6 Å². The zero-order chi connectivity index (χ0) is 12.8. The van der Waals surface area contributed by atoms with Crippen molar-refractivity contribution in [3.63, 3.8) is 0 Å². The second-order valence-corrected chi connectivity index (χ2v) is 4.50. The van der Waals surface area contributed by atoms with Crippen molar-refractivity contribution in [1.82, 2.24) is 0 Å². The summed E-state index contributed by atoms with van der Waals surface area (Å²) in [5.74, 6) is -0.136. The van der Waals surface area contributed by atoms with Gasteiger partial charge in [-0.3, -0.25) is 0 Å². The van der Waals surface area contributed by atoms with Crippen molar-refractivity contribution in [1.29, 1.82) is 0 Å². The van der Waals surface area contributed by atoms with Crippen LogP contribution in [0, 0.1) is 5.92 Å². The lowest BCUT2D eigenvalue weighted by Gasteiger charge is -2.34. The van der Waals surface area contributed by atoms with E-state index in [2.05, 4.69) is 4.74 Å². The van der Waals surface area contributed by atoms with E-state index in [1.807, 2.05) is 13.8 Å². The molecule has 0 aliphatic heterocycles. The molecule has 0 heterocycles. The Morgan fingerprint density at radius 3 is 2.47 bits per heavy atom. The maximum absolute atomic E-state index is 11.8. The lowest BCUT2D eigenvalue weighted by Crippen LogP contribution is -2.39. The Hall–Kier alpha value is -0.750. The average Bonchev–Trinajstić information content (AvgIpc) is 2.17. The van der Waals surface area contributed by atoms with E-state index in [0.29, 0.717) is 19.4 Å². The van der Waals surface area contributed by atoms with Crippen LogP contribution in [-0.2, 0) is 19.0 Å². The normalized spacial score (nSPS) is 23.9. The van der Waals surface area contributed by atoms with Gasteiger partial charge in [0, 0.05) is 12.8 Å². The molecule has 0 N–H and O–H groups in total. The molecule has 0 amide bonds. The largest absolute Gasteiger partial charge is 0.464 e. The Bertz CT molecular complexity index is 240. The molecule has 1 saturated carbocycles. The van der Waals surface area contributed by atoms with Crippen LogP contribution in [0.15, 0.2) is 0 Å². The van der Waals surface area contributed by atoms with Gasteiger partial charge in [0.05, 0.1) is 18.8 Å². The molecule has 0 bridgehead atoms. The summed E-state index contributed by atoms with van der Waals surface area (Å²) in [6, 6.07) is 0. The lowest BCUT2D eigenvalue weighted by molar-refractivity contribution is -0.208. The number of alkyl halides is 2. The molecule has 0 spiro atoms. The fraction of sp³-hybridized carbons (Fsp3) is 0.909. The molecular formula is C11H18F2O4. The van der Waals surface area contributed by atoms with Crippen molar-refractivity contribution in [2.24, 2.45) is 5.92 Å². The molecule has 4 nitrogen and oxygen atoms in total. The summed E-state index contributed by atoms with van der Waals surface area (Å²) in [5, 5.41) is 0. The Morgan fingerprint density at radius 2 is 1.94 bits per heavy atom. The first-order chi connectivity index (χ1) is 7.97. The van der Waals surface area contributed by atoms with Gasteiger partial charge in [0.25, 0.3) is 0 Å². The van der Waals surface area contributed by atoms with Gasteiger partial charge in [0.2, 0.25) is 0 Å². The van der Waals surface area contributed by atoms with E-state index >= 15 is 0 Å². The number of carbonyl (C=O) groups is 1. The molecule has 0 radical (unpaired) electrons. The van der Waals surface area contributed by atoms with Crippen LogP contribution in [-0.4, -0.2) is 38.0 Å². The second-order valence-electron chi connectivity index (χ2n) is 4.50. The van der Waals surface area contributed by atoms with E-state index < -0.39 is 18.7 Å². The zero-order valence-corrected chi connectivity index (χ0v) is 10.0. The third kappa shape index (κ3) is 5.93. The molecule has 1 fully saturated rings. The second kappa shape index (κ2) is 6.86. The Morgan fingerprint density at radius 1 is 1.29 bits per heavy atom. The first-order valence-corrected chi connectivity index (χ1v) is 5.68. The third-order valence-corrected chi connectivity index (χ3v) is 2.36. The zero-order valence-electron chi connectivity index (χ0n) is 10.0. The van der Waals surface area contributed by atoms with Gasteiger partial charge in [0.15, 0.2) is 0 Å². The summed E-state index contributed by atoms with van der Waals surface area (Å²) in [6.07, 6.45) is 0.181. The molecule has 6 heteroatoms. The summed E-state index contributed by atoms with van der Waals surface area (Å²) in [7, 11) is 0. The predicted octanol–water partition coefficient (Wildman–Crippen LogP) is 1.97. The highest BCUT2D eigenvalue weighted by atomic mass is 19.3. The Labute approximate surface area is 99.2 Å². The topological polar surface area (TPSA) is 44.8 Å². The molecule has 1 rings (SSSR count). The molecule has 100 valence electrons. The number of ether oxygens (including phenoxy) is 3. The van der Waals surface area contributed by atoms with Gasteiger partial charge >= 0.3 is 12.6 Å². The van der Waals surface area contributed by atoms with E-state index in [-0.39, 0.29) is 18.6 Å². The number of rotatable bonds is 7. The molecule has 17 heavy (non-hydrogen) atoms. The first-order valence-electron chi connectivity index (χ1n) is 5.68.